The van der Waals surface area contributed by atoms with Crippen LogP contribution >= 0.6 is 0 Å². The number of carbonyl (C=O) groups excluding carboxylic acids is 1. The van der Waals surface area contributed by atoms with Crippen LogP contribution in [0, 0.1) is 0 Å². The average Bonchev–Trinajstić information content (AvgIpc) is 2.19. The Morgan fingerprint density at radius 1 is 1.33 bits per heavy atom. The number of carbonyl (C=O) groups is 2. The van der Waals surface area contributed by atoms with Crippen LogP contribution in [0.5, 0.6) is 5.75 Å². The molecule has 0 bridgehead atoms. The van der Waals surface area contributed by atoms with Crippen LogP contribution in [0.1, 0.15) is 18.1 Å². The summed E-state index contributed by atoms with van der Waals surface area (Å²) in [6.07, 6.45) is -0.310. The van der Waals surface area contributed by atoms with Crippen molar-refractivity contribution in [1.82, 2.24) is 0 Å². The molecular formula is C12H12F2O4. The molecule has 1 rings (SSSR count). The maximum atomic E-state index is 12.1. The number of benzene rings is 1. The van der Waals surface area contributed by atoms with E-state index in [-0.39, 0.29) is 29.9 Å². The Morgan fingerprint density at radius 3 is 2.50 bits per heavy atom. The standard InChI is InChI=1S/C12H12F2O4/c1-7(15)4-9-5-8(6-11(16)17)2-3-10(9)18-12(13)14/h2-3,5,12H,4,6H2,1H3,(H,16,17). The molecule has 98 valence electrons. The number of Topliss-reactive ketones (excluding diaryl/α,β-unsaturated/α-hetero) is 1. The van der Waals surface area contributed by atoms with E-state index < -0.39 is 12.6 Å². The lowest BCUT2D eigenvalue weighted by Gasteiger charge is -2.11. The highest BCUT2D eigenvalue weighted by molar-refractivity contribution is 5.79. The van der Waals surface area contributed by atoms with E-state index in [4.69, 9.17) is 5.11 Å². The minimum absolute atomic E-state index is 0.0739. The molecule has 0 atom stereocenters. The van der Waals surface area contributed by atoms with Crippen LogP contribution in [0.15, 0.2) is 18.2 Å². The Kier molecular flexibility index (Phi) is 4.76. The predicted molar refractivity (Wildman–Crippen MR) is 58.8 cm³/mol. The molecule has 0 unspecified atom stereocenters. The van der Waals surface area contributed by atoms with Crippen molar-refractivity contribution in [3.63, 3.8) is 0 Å². The summed E-state index contributed by atoms with van der Waals surface area (Å²) in [4.78, 5) is 21.6. The van der Waals surface area contributed by atoms with Gasteiger partial charge in [-0.25, -0.2) is 0 Å². The Hall–Kier alpha value is -1.98. The van der Waals surface area contributed by atoms with Gasteiger partial charge in [0.05, 0.1) is 6.42 Å². The molecule has 1 aromatic rings. The topological polar surface area (TPSA) is 63.6 Å². The smallest absolute Gasteiger partial charge is 0.387 e. The van der Waals surface area contributed by atoms with E-state index in [0.717, 1.165) is 0 Å². The van der Waals surface area contributed by atoms with Gasteiger partial charge in [0.1, 0.15) is 11.5 Å². The Bertz CT molecular complexity index is 457. The van der Waals surface area contributed by atoms with Gasteiger partial charge in [0.25, 0.3) is 0 Å². The molecule has 0 saturated carbocycles. The maximum Gasteiger partial charge on any atom is 0.387 e. The molecule has 0 aliphatic rings. The fourth-order valence-electron chi connectivity index (χ4n) is 1.53. The molecular weight excluding hydrogens is 246 g/mol. The number of ketones is 1. The van der Waals surface area contributed by atoms with Gasteiger partial charge in [-0.05, 0) is 18.6 Å². The van der Waals surface area contributed by atoms with Gasteiger partial charge in [-0.1, -0.05) is 12.1 Å². The zero-order valence-corrected chi connectivity index (χ0v) is 9.65. The lowest BCUT2D eigenvalue weighted by Crippen LogP contribution is -2.08. The van der Waals surface area contributed by atoms with Crippen LogP contribution in [0.3, 0.4) is 0 Å². The molecule has 0 aliphatic heterocycles. The minimum atomic E-state index is -2.99. The van der Waals surface area contributed by atoms with Crippen molar-refractivity contribution in [1.29, 1.82) is 0 Å². The van der Waals surface area contributed by atoms with Gasteiger partial charge in [-0.3, -0.25) is 9.59 Å². The van der Waals surface area contributed by atoms with Crippen LogP contribution in [0.2, 0.25) is 0 Å². The Balaban J connectivity index is 3.03. The number of alkyl halides is 2. The highest BCUT2D eigenvalue weighted by atomic mass is 19.3. The van der Waals surface area contributed by atoms with Gasteiger partial charge >= 0.3 is 12.6 Å². The van der Waals surface area contributed by atoms with E-state index in [2.05, 4.69) is 4.74 Å². The molecule has 0 fully saturated rings. The monoisotopic (exact) mass is 258 g/mol. The number of halogens is 2. The van der Waals surface area contributed by atoms with Crippen molar-refractivity contribution in [2.24, 2.45) is 0 Å². The lowest BCUT2D eigenvalue weighted by molar-refractivity contribution is -0.136. The molecule has 0 aromatic heterocycles. The SMILES string of the molecule is CC(=O)Cc1cc(CC(=O)O)ccc1OC(F)F. The number of hydrogen-bond acceptors (Lipinski definition) is 3. The molecule has 0 saturated heterocycles. The lowest BCUT2D eigenvalue weighted by atomic mass is 10.0. The highest BCUT2D eigenvalue weighted by Crippen LogP contribution is 2.23. The zero-order valence-electron chi connectivity index (χ0n) is 9.65. The third-order valence-corrected chi connectivity index (χ3v) is 2.14. The quantitative estimate of drug-likeness (QED) is 0.848. The summed E-state index contributed by atoms with van der Waals surface area (Å²) in [5.74, 6) is -1.36. The van der Waals surface area contributed by atoms with E-state index in [0.29, 0.717) is 5.56 Å². The van der Waals surface area contributed by atoms with Crippen LogP contribution in [-0.4, -0.2) is 23.5 Å². The predicted octanol–water partition coefficient (Wildman–Crippen LogP) is 2.05. The summed E-state index contributed by atoms with van der Waals surface area (Å²) in [6, 6.07) is 4.03. The molecule has 0 aliphatic carbocycles. The van der Waals surface area contributed by atoms with Crippen molar-refractivity contribution in [2.75, 3.05) is 0 Å². The number of hydrogen-bond donors (Lipinski definition) is 1. The van der Waals surface area contributed by atoms with Crippen LogP contribution in [-0.2, 0) is 22.4 Å². The number of carboxylic acid groups (broad SMARTS) is 1. The second-order valence-electron chi connectivity index (χ2n) is 3.77. The van der Waals surface area contributed by atoms with Crippen molar-refractivity contribution in [2.45, 2.75) is 26.4 Å². The fraction of sp³-hybridized carbons (Fsp3) is 0.333. The molecule has 0 heterocycles. The summed E-state index contributed by atoms with van der Waals surface area (Å²) in [5, 5.41) is 8.64. The molecule has 1 aromatic carbocycles. The van der Waals surface area contributed by atoms with E-state index in [9.17, 15) is 18.4 Å². The molecule has 0 radical (unpaired) electrons. The normalized spacial score (nSPS) is 10.4. The summed E-state index contributed by atoms with van der Waals surface area (Å²) in [7, 11) is 0. The average molecular weight is 258 g/mol. The van der Waals surface area contributed by atoms with Gasteiger partial charge < -0.3 is 9.84 Å². The molecule has 4 nitrogen and oxygen atoms in total. The Morgan fingerprint density at radius 2 is 2.00 bits per heavy atom. The molecule has 6 heteroatoms. The van der Waals surface area contributed by atoms with E-state index in [1.54, 1.807) is 0 Å². The fourth-order valence-corrected chi connectivity index (χ4v) is 1.53. The van der Waals surface area contributed by atoms with E-state index in [1.807, 2.05) is 0 Å². The molecule has 1 N–H and O–H groups in total. The van der Waals surface area contributed by atoms with Gasteiger partial charge in [-0.2, -0.15) is 8.78 Å². The maximum absolute atomic E-state index is 12.1. The first-order chi connectivity index (χ1) is 8.38. The second kappa shape index (κ2) is 6.09. The summed E-state index contributed by atoms with van der Waals surface area (Å²) < 4.78 is 28.6. The number of aliphatic carboxylic acids is 1. The van der Waals surface area contributed by atoms with Gasteiger partial charge in [0.2, 0.25) is 0 Å². The first kappa shape index (κ1) is 14.1. The molecule has 18 heavy (non-hydrogen) atoms. The minimum Gasteiger partial charge on any atom is -0.481 e. The molecule has 0 spiro atoms. The summed E-state index contributed by atoms with van der Waals surface area (Å²) in [5.41, 5.74) is 0.696. The summed E-state index contributed by atoms with van der Waals surface area (Å²) >= 11 is 0. The van der Waals surface area contributed by atoms with Gasteiger partial charge in [0.15, 0.2) is 0 Å². The first-order valence-electron chi connectivity index (χ1n) is 5.16. The third-order valence-electron chi connectivity index (χ3n) is 2.14. The van der Waals surface area contributed by atoms with Crippen LogP contribution in [0.4, 0.5) is 8.78 Å². The van der Waals surface area contributed by atoms with Gasteiger partial charge in [0, 0.05) is 12.0 Å². The van der Waals surface area contributed by atoms with Crippen LogP contribution in [0.25, 0.3) is 0 Å². The van der Waals surface area contributed by atoms with Gasteiger partial charge in [-0.15, -0.1) is 0 Å². The van der Waals surface area contributed by atoms with E-state index in [1.165, 1.54) is 25.1 Å². The summed E-state index contributed by atoms with van der Waals surface area (Å²) in [6.45, 7) is -1.67. The first-order valence-corrected chi connectivity index (χ1v) is 5.16. The van der Waals surface area contributed by atoms with Crippen molar-refractivity contribution >= 4 is 11.8 Å². The van der Waals surface area contributed by atoms with E-state index >= 15 is 0 Å². The number of carboxylic acids is 1. The Labute approximate surface area is 102 Å². The zero-order chi connectivity index (χ0) is 13.7. The third kappa shape index (κ3) is 4.48. The van der Waals surface area contributed by atoms with Crippen molar-refractivity contribution in [3.8, 4) is 5.75 Å². The van der Waals surface area contributed by atoms with Crippen molar-refractivity contribution in [3.05, 3.63) is 29.3 Å². The number of rotatable bonds is 6. The second-order valence-corrected chi connectivity index (χ2v) is 3.77. The molecule has 0 amide bonds. The van der Waals surface area contributed by atoms with Crippen LogP contribution < -0.4 is 4.74 Å². The highest BCUT2D eigenvalue weighted by Gasteiger charge is 2.13. The van der Waals surface area contributed by atoms with Crippen molar-refractivity contribution < 1.29 is 28.2 Å². The number of ether oxygens (including phenoxy) is 1. The largest absolute Gasteiger partial charge is 0.481 e.